The van der Waals surface area contributed by atoms with Gasteiger partial charge in [0, 0.05) is 11.7 Å². The van der Waals surface area contributed by atoms with Crippen molar-refractivity contribution in [2.75, 3.05) is 15.8 Å². The highest BCUT2D eigenvalue weighted by Crippen LogP contribution is 2.37. The van der Waals surface area contributed by atoms with E-state index in [1.807, 2.05) is 0 Å². The van der Waals surface area contributed by atoms with Gasteiger partial charge in [-0.25, -0.2) is 17.8 Å². The molecule has 1 aromatic heterocycles. The molecule has 0 amide bonds. The van der Waals surface area contributed by atoms with E-state index in [0.717, 1.165) is 25.3 Å². The Morgan fingerprint density at radius 2 is 1.94 bits per heavy atom. The Morgan fingerprint density at radius 3 is 2.59 bits per heavy atom. The summed E-state index contributed by atoms with van der Waals surface area (Å²) in [5.74, 6) is -0.723. The Labute approximate surface area is 190 Å². The Morgan fingerprint density at radius 1 is 1.22 bits per heavy atom. The Bertz CT molecular complexity index is 1350. The molecule has 3 aromatic rings. The maximum Gasteiger partial charge on any atom is 0.261 e. The Balaban J connectivity index is 1.75. The summed E-state index contributed by atoms with van der Waals surface area (Å²) in [5.41, 5.74) is 1.53. The third kappa shape index (κ3) is 4.19. The molecule has 0 radical (unpaired) electrons. The molecule has 0 unspecified atom stereocenters. The zero-order chi connectivity index (χ0) is 23.0. The lowest BCUT2D eigenvalue weighted by molar-refractivity contribution is 0.305. The van der Waals surface area contributed by atoms with Crippen LogP contribution in [0.1, 0.15) is 44.2 Å². The van der Waals surface area contributed by atoms with E-state index in [-0.39, 0.29) is 33.8 Å². The molecule has 4 rings (SSSR count). The van der Waals surface area contributed by atoms with Crippen molar-refractivity contribution in [1.29, 1.82) is 0 Å². The monoisotopic (exact) mass is 478 g/mol. The van der Waals surface area contributed by atoms with Crippen LogP contribution in [0, 0.1) is 12.7 Å². The van der Waals surface area contributed by atoms with Crippen LogP contribution in [0.2, 0.25) is 5.02 Å². The molecule has 1 aliphatic carbocycles. The van der Waals surface area contributed by atoms with Gasteiger partial charge in [0.2, 0.25) is 10.0 Å². The molecule has 0 spiro atoms. The van der Waals surface area contributed by atoms with Gasteiger partial charge in [-0.05, 0) is 62.4 Å². The summed E-state index contributed by atoms with van der Waals surface area (Å²) >= 11 is 6.36. The van der Waals surface area contributed by atoms with Crippen molar-refractivity contribution in [2.24, 2.45) is 0 Å². The predicted octanol–water partition coefficient (Wildman–Crippen LogP) is 5.12. The number of aryl methyl sites for hydroxylation is 1. The van der Waals surface area contributed by atoms with Gasteiger partial charge in [-0.3, -0.25) is 14.1 Å². The molecule has 0 aliphatic heterocycles. The number of halogens is 2. The van der Waals surface area contributed by atoms with E-state index in [4.69, 9.17) is 11.6 Å². The van der Waals surface area contributed by atoms with Gasteiger partial charge in [-0.1, -0.05) is 18.5 Å². The van der Waals surface area contributed by atoms with E-state index < -0.39 is 15.8 Å². The molecular weight excluding hydrogens is 455 g/mol. The molecular formula is C22H24ClFN4O3S. The van der Waals surface area contributed by atoms with Crippen molar-refractivity contribution >= 4 is 49.6 Å². The first-order chi connectivity index (χ1) is 15.2. The zero-order valence-corrected chi connectivity index (χ0v) is 19.4. The molecule has 0 bridgehead atoms. The van der Waals surface area contributed by atoms with Crippen molar-refractivity contribution in [2.45, 2.75) is 45.6 Å². The van der Waals surface area contributed by atoms with Crippen molar-refractivity contribution in [3.05, 3.63) is 57.3 Å². The number of hydrogen-bond acceptors (Lipinski definition) is 5. The third-order valence-electron chi connectivity index (χ3n) is 5.77. The van der Waals surface area contributed by atoms with Gasteiger partial charge >= 0.3 is 0 Å². The lowest BCUT2D eigenvalue weighted by atomic mass is 9.93. The molecule has 10 heteroatoms. The molecule has 32 heavy (non-hydrogen) atoms. The maximum absolute atomic E-state index is 14.6. The molecule has 1 fully saturated rings. The number of benzene rings is 2. The molecule has 2 N–H and O–H groups in total. The fraction of sp³-hybridized carbons (Fsp3) is 0.364. The number of nitrogens with one attached hydrogen (secondary N) is 2. The molecule has 0 atom stereocenters. The van der Waals surface area contributed by atoms with Gasteiger partial charge in [0.1, 0.15) is 5.82 Å². The van der Waals surface area contributed by atoms with E-state index in [1.165, 1.54) is 6.07 Å². The lowest BCUT2D eigenvalue weighted by Gasteiger charge is -2.27. The molecule has 7 nitrogen and oxygen atoms in total. The van der Waals surface area contributed by atoms with Crippen LogP contribution in [-0.2, 0) is 10.0 Å². The number of hydrogen-bond donors (Lipinski definition) is 2. The van der Waals surface area contributed by atoms with Gasteiger partial charge in [0.15, 0.2) is 0 Å². The first-order valence-electron chi connectivity index (χ1n) is 10.5. The van der Waals surface area contributed by atoms with Gasteiger partial charge in [-0.15, -0.1) is 0 Å². The normalized spacial score (nSPS) is 14.4. The first-order valence-corrected chi connectivity index (χ1v) is 12.5. The summed E-state index contributed by atoms with van der Waals surface area (Å²) in [6.45, 7) is 3.51. The summed E-state index contributed by atoms with van der Waals surface area (Å²) in [6, 6.07) is 5.97. The number of rotatable bonds is 7. The highest BCUT2D eigenvalue weighted by molar-refractivity contribution is 7.92. The first kappa shape index (κ1) is 22.5. The highest BCUT2D eigenvalue weighted by atomic mass is 35.5. The molecule has 1 saturated carbocycles. The summed E-state index contributed by atoms with van der Waals surface area (Å²) in [5, 5.41) is 3.31. The number of anilines is 3. The van der Waals surface area contributed by atoms with Crippen LogP contribution in [0.3, 0.4) is 0 Å². The summed E-state index contributed by atoms with van der Waals surface area (Å²) < 4.78 is 43.0. The van der Waals surface area contributed by atoms with Crippen molar-refractivity contribution < 1.29 is 12.8 Å². The second-order valence-electron chi connectivity index (χ2n) is 8.00. The van der Waals surface area contributed by atoms with Crippen LogP contribution in [0.15, 0.2) is 35.4 Å². The second kappa shape index (κ2) is 8.71. The predicted molar refractivity (Wildman–Crippen MR) is 126 cm³/mol. The minimum atomic E-state index is -3.60. The molecule has 1 heterocycles. The van der Waals surface area contributed by atoms with Gasteiger partial charge < -0.3 is 5.32 Å². The quantitative estimate of drug-likeness (QED) is 0.491. The number of aromatic nitrogens is 2. The highest BCUT2D eigenvalue weighted by Gasteiger charge is 2.23. The third-order valence-corrected chi connectivity index (χ3v) is 7.64. The SMILES string of the molecule is CCCS(=O)(=O)Nc1ccc(F)c(Nc2ccc3ncn(C4CCC4)c(=O)c3c2C)c1Cl. The van der Waals surface area contributed by atoms with Crippen LogP contribution in [0.5, 0.6) is 0 Å². The zero-order valence-electron chi connectivity index (χ0n) is 17.8. The summed E-state index contributed by atoms with van der Waals surface area (Å²) in [6.07, 6.45) is 5.01. The average molecular weight is 479 g/mol. The largest absolute Gasteiger partial charge is 0.352 e. The van der Waals surface area contributed by atoms with Crippen molar-refractivity contribution in [1.82, 2.24) is 9.55 Å². The van der Waals surface area contributed by atoms with Gasteiger partial charge in [0.05, 0.1) is 39.4 Å². The molecule has 2 aromatic carbocycles. The summed E-state index contributed by atoms with van der Waals surface area (Å²) in [7, 11) is -3.60. The summed E-state index contributed by atoms with van der Waals surface area (Å²) in [4.78, 5) is 17.5. The Hall–Kier alpha value is -2.65. The second-order valence-corrected chi connectivity index (χ2v) is 10.2. The van der Waals surface area contributed by atoms with Gasteiger partial charge in [-0.2, -0.15) is 0 Å². The van der Waals surface area contributed by atoms with Crippen LogP contribution in [0.25, 0.3) is 10.9 Å². The topological polar surface area (TPSA) is 93.1 Å². The fourth-order valence-corrected chi connectivity index (χ4v) is 5.26. The van der Waals surface area contributed by atoms with Crippen molar-refractivity contribution in [3.63, 3.8) is 0 Å². The van der Waals surface area contributed by atoms with Crippen LogP contribution in [0.4, 0.5) is 21.5 Å². The van der Waals surface area contributed by atoms with E-state index in [2.05, 4.69) is 15.0 Å². The minimum absolute atomic E-state index is 0.0750. The number of sulfonamides is 1. The average Bonchev–Trinajstić information content (AvgIpc) is 2.69. The van der Waals surface area contributed by atoms with Crippen LogP contribution < -0.4 is 15.6 Å². The number of fused-ring (bicyclic) bond motifs is 1. The van der Waals surface area contributed by atoms with Gasteiger partial charge in [0.25, 0.3) is 5.56 Å². The smallest absolute Gasteiger partial charge is 0.261 e. The standard InChI is InChI=1S/C22H24ClFN4O3S/c1-3-11-32(30,31)27-18-8-7-15(24)21(20(18)23)26-16-9-10-17-19(13(16)2)22(29)28(12-25-17)14-5-4-6-14/h7-10,12,14,26-27H,3-6,11H2,1-2H3. The van der Waals surface area contributed by atoms with Crippen molar-refractivity contribution in [3.8, 4) is 0 Å². The minimum Gasteiger partial charge on any atom is -0.352 e. The van der Waals surface area contributed by atoms with Crippen LogP contribution >= 0.6 is 11.6 Å². The van der Waals surface area contributed by atoms with E-state index in [9.17, 15) is 17.6 Å². The van der Waals surface area contributed by atoms with E-state index >= 15 is 0 Å². The fourth-order valence-electron chi connectivity index (χ4n) is 3.81. The lowest BCUT2D eigenvalue weighted by Crippen LogP contribution is -2.29. The number of nitrogens with zero attached hydrogens (tertiary/aromatic N) is 2. The maximum atomic E-state index is 14.6. The molecule has 0 saturated heterocycles. The molecule has 170 valence electrons. The Kier molecular flexibility index (Phi) is 6.13. The molecule has 1 aliphatic rings. The van der Waals surface area contributed by atoms with E-state index in [1.54, 1.807) is 36.9 Å². The van der Waals surface area contributed by atoms with E-state index in [0.29, 0.717) is 28.6 Å². The van der Waals surface area contributed by atoms with Crippen LogP contribution in [-0.4, -0.2) is 23.7 Å².